The van der Waals surface area contributed by atoms with Crippen LogP contribution in [0, 0.1) is 0 Å². The molecule has 132 valence electrons. The molecule has 7 nitrogen and oxygen atoms in total. The van der Waals surface area contributed by atoms with Gasteiger partial charge in [0.2, 0.25) is 5.91 Å². The van der Waals surface area contributed by atoms with Crippen molar-refractivity contribution in [3.8, 4) is 5.69 Å². The Labute approximate surface area is 145 Å². The number of carbonyl (C=O) groups is 2. The fourth-order valence-electron chi connectivity index (χ4n) is 3.11. The molecule has 1 aromatic carbocycles. The molecule has 1 fully saturated rings. The van der Waals surface area contributed by atoms with Crippen molar-refractivity contribution in [2.75, 3.05) is 13.2 Å². The summed E-state index contributed by atoms with van der Waals surface area (Å²) in [6.07, 6.45) is 4.72. The van der Waals surface area contributed by atoms with Crippen LogP contribution in [0.3, 0.4) is 0 Å². The molecule has 1 aliphatic heterocycles. The fourth-order valence-corrected chi connectivity index (χ4v) is 3.11. The second-order valence-electron chi connectivity index (χ2n) is 6.31. The van der Waals surface area contributed by atoms with Gasteiger partial charge in [0.05, 0.1) is 24.1 Å². The van der Waals surface area contributed by atoms with E-state index in [1.165, 1.54) is 0 Å². The lowest BCUT2D eigenvalue weighted by molar-refractivity contribution is -0.140. The molecule has 1 amide bonds. The minimum Gasteiger partial charge on any atom is -0.481 e. The van der Waals surface area contributed by atoms with E-state index in [0.717, 1.165) is 11.3 Å². The minimum atomic E-state index is -0.911. The lowest BCUT2D eigenvalue weighted by Crippen LogP contribution is -2.53. The number of carboxylic acids is 1. The smallest absolute Gasteiger partial charge is 0.305 e. The van der Waals surface area contributed by atoms with Gasteiger partial charge in [0.1, 0.15) is 0 Å². The van der Waals surface area contributed by atoms with Gasteiger partial charge in [0.15, 0.2) is 0 Å². The average molecular weight is 343 g/mol. The molecule has 1 saturated heterocycles. The van der Waals surface area contributed by atoms with Crippen molar-refractivity contribution in [1.29, 1.82) is 0 Å². The molecule has 0 atom stereocenters. The number of aromatic nitrogens is 2. The van der Waals surface area contributed by atoms with E-state index in [9.17, 15) is 9.59 Å². The molecule has 0 bridgehead atoms. The van der Waals surface area contributed by atoms with E-state index < -0.39 is 11.5 Å². The summed E-state index contributed by atoms with van der Waals surface area (Å²) in [4.78, 5) is 23.6. The third kappa shape index (κ3) is 4.45. The first-order valence-corrected chi connectivity index (χ1v) is 8.26. The Morgan fingerprint density at radius 2 is 1.96 bits per heavy atom. The molecule has 3 rings (SSSR count). The Hall–Kier alpha value is -2.67. The van der Waals surface area contributed by atoms with Gasteiger partial charge in [-0.15, -0.1) is 0 Å². The van der Waals surface area contributed by atoms with Gasteiger partial charge in [-0.3, -0.25) is 9.59 Å². The van der Waals surface area contributed by atoms with Gasteiger partial charge in [-0.25, -0.2) is 4.68 Å². The highest BCUT2D eigenvalue weighted by Gasteiger charge is 2.36. The first-order chi connectivity index (χ1) is 12.1. The van der Waals surface area contributed by atoms with Crippen LogP contribution in [0.4, 0.5) is 0 Å². The van der Waals surface area contributed by atoms with Crippen molar-refractivity contribution < 1.29 is 19.4 Å². The van der Waals surface area contributed by atoms with Crippen LogP contribution < -0.4 is 5.32 Å². The normalized spacial score (nSPS) is 16.3. The van der Waals surface area contributed by atoms with E-state index in [-0.39, 0.29) is 18.7 Å². The number of amides is 1. The third-order valence-corrected chi connectivity index (χ3v) is 4.41. The fraction of sp³-hybridized carbons (Fsp3) is 0.389. The molecule has 2 aromatic rings. The van der Waals surface area contributed by atoms with Crippen molar-refractivity contribution in [2.24, 2.45) is 0 Å². The summed E-state index contributed by atoms with van der Waals surface area (Å²) in [6, 6.07) is 9.40. The van der Waals surface area contributed by atoms with Crippen LogP contribution in [0.1, 0.15) is 24.8 Å². The maximum Gasteiger partial charge on any atom is 0.305 e. The van der Waals surface area contributed by atoms with Crippen LogP contribution in [0.25, 0.3) is 5.69 Å². The molecular formula is C18H21N3O4. The highest BCUT2D eigenvalue weighted by molar-refractivity contribution is 5.80. The van der Waals surface area contributed by atoms with Crippen molar-refractivity contribution in [2.45, 2.75) is 31.2 Å². The minimum absolute atomic E-state index is 0.0830. The number of nitrogens with zero attached hydrogens (tertiary/aromatic N) is 2. The maximum absolute atomic E-state index is 12.4. The molecule has 0 saturated carbocycles. The number of rotatable bonds is 6. The van der Waals surface area contributed by atoms with E-state index >= 15 is 0 Å². The number of nitrogens with one attached hydrogen (secondary N) is 1. The Bertz CT molecular complexity index is 719. The molecule has 1 aliphatic rings. The van der Waals surface area contributed by atoms with Crippen LogP contribution >= 0.6 is 0 Å². The highest BCUT2D eigenvalue weighted by Crippen LogP contribution is 2.25. The van der Waals surface area contributed by atoms with Crippen molar-refractivity contribution in [1.82, 2.24) is 15.1 Å². The summed E-state index contributed by atoms with van der Waals surface area (Å²) in [5, 5.41) is 16.3. The summed E-state index contributed by atoms with van der Waals surface area (Å²) in [5.41, 5.74) is 1.07. The predicted molar refractivity (Wildman–Crippen MR) is 90.4 cm³/mol. The molecule has 0 spiro atoms. The summed E-state index contributed by atoms with van der Waals surface area (Å²) in [6.45, 7) is 0.929. The second-order valence-corrected chi connectivity index (χ2v) is 6.31. The molecule has 0 aliphatic carbocycles. The summed E-state index contributed by atoms with van der Waals surface area (Å²) in [7, 11) is 0. The van der Waals surface area contributed by atoms with Crippen molar-refractivity contribution in [3.05, 3.63) is 48.3 Å². The molecule has 2 N–H and O–H groups in total. The number of aliphatic carboxylic acids is 1. The summed E-state index contributed by atoms with van der Waals surface area (Å²) >= 11 is 0. The van der Waals surface area contributed by atoms with E-state index in [4.69, 9.17) is 9.84 Å². The molecule has 0 unspecified atom stereocenters. The van der Waals surface area contributed by atoms with Crippen LogP contribution in [0.15, 0.2) is 42.7 Å². The van der Waals surface area contributed by atoms with Crippen molar-refractivity contribution in [3.63, 3.8) is 0 Å². The van der Waals surface area contributed by atoms with E-state index in [0.29, 0.717) is 26.1 Å². The first kappa shape index (κ1) is 17.2. The van der Waals surface area contributed by atoms with Gasteiger partial charge in [-0.2, -0.15) is 5.10 Å². The Balaban J connectivity index is 1.63. The highest BCUT2D eigenvalue weighted by atomic mass is 16.5. The van der Waals surface area contributed by atoms with Gasteiger partial charge in [-0.1, -0.05) is 12.1 Å². The molecular weight excluding hydrogens is 322 g/mol. The zero-order chi connectivity index (χ0) is 17.7. The van der Waals surface area contributed by atoms with Gasteiger partial charge >= 0.3 is 5.97 Å². The lowest BCUT2D eigenvalue weighted by Gasteiger charge is -2.36. The number of carbonyl (C=O) groups excluding carboxylic acids is 1. The number of ether oxygens (including phenoxy) is 1. The first-order valence-electron chi connectivity index (χ1n) is 8.26. The van der Waals surface area contributed by atoms with Gasteiger partial charge < -0.3 is 15.2 Å². The average Bonchev–Trinajstić information content (AvgIpc) is 3.10. The SMILES string of the molecule is O=C(O)CC1(NC(=O)Cc2ccc(-n3cccn3)cc2)CCOCC1. The molecule has 1 aromatic heterocycles. The maximum atomic E-state index is 12.4. The van der Waals surface area contributed by atoms with Gasteiger partial charge in [0, 0.05) is 25.6 Å². The zero-order valence-electron chi connectivity index (χ0n) is 13.9. The topological polar surface area (TPSA) is 93.5 Å². The lowest BCUT2D eigenvalue weighted by atomic mass is 9.86. The Kier molecular flexibility index (Phi) is 5.14. The number of carboxylic acid groups (broad SMARTS) is 1. The monoisotopic (exact) mass is 343 g/mol. The van der Waals surface area contributed by atoms with E-state index in [1.807, 2.05) is 36.5 Å². The third-order valence-electron chi connectivity index (χ3n) is 4.41. The summed E-state index contributed by atoms with van der Waals surface area (Å²) in [5.74, 6) is -1.08. The van der Waals surface area contributed by atoms with Crippen molar-refractivity contribution >= 4 is 11.9 Å². The van der Waals surface area contributed by atoms with Gasteiger partial charge in [0.25, 0.3) is 0 Å². The Morgan fingerprint density at radius 3 is 2.56 bits per heavy atom. The standard InChI is InChI=1S/C18H21N3O4/c22-16(20-18(13-17(23)24)6-10-25-11-7-18)12-14-2-4-15(5-3-14)21-9-1-8-19-21/h1-5,8-9H,6-7,10-13H2,(H,20,22)(H,23,24). The second kappa shape index (κ2) is 7.48. The molecule has 7 heteroatoms. The summed E-state index contributed by atoms with van der Waals surface area (Å²) < 4.78 is 7.05. The number of hydrogen-bond acceptors (Lipinski definition) is 4. The zero-order valence-corrected chi connectivity index (χ0v) is 13.9. The van der Waals surface area contributed by atoms with Crippen LogP contribution in [-0.2, 0) is 20.7 Å². The van der Waals surface area contributed by atoms with Crippen LogP contribution in [-0.4, -0.2) is 45.5 Å². The van der Waals surface area contributed by atoms with E-state index in [2.05, 4.69) is 10.4 Å². The largest absolute Gasteiger partial charge is 0.481 e. The van der Waals surface area contributed by atoms with Crippen LogP contribution in [0.5, 0.6) is 0 Å². The van der Waals surface area contributed by atoms with E-state index in [1.54, 1.807) is 10.9 Å². The number of hydrogen-bond donors (Lipinski definition) is 2. The molecule has 0 radical (unpaired) electrons. The molecule has 25 heavy (non-hydrogen) atoms. The number of benzene rings is 1. The quantitative estimate of drug-likeness (QED) is 0.830. The predicted octanol–water partition coefficient (Wildman–Crippen LogP) is 1.55. The Morgan fingerprint density at radius 1 is 1.24 bits per heavy atom. The molecule has 2 heterocycles. The van der Waals surface area contributed by atoms with Gasteiger partial charge in [-0.05, 0) is 36.6 Å². The van der Waals surface area contributed by atoms with Crippen LogP contribution in [0.2, 0.25) is 0 Å².